The number of hydrogen-bond acceptors (Lipinski definition) is 2. The quantitative estimate of drug-likeness (QED) is 0.713. The van der Waals surface area contributed by atoms with E-state index in [9.17, 15) is 0 Å². The van der Waals surface area contributed by atoms with Crippen LogP contribution in [0.15, 0.2) is 48.5 Å². The maximum Gasteiger partial charge on any atom is 0.101 e. The van der Waals surface area contributed by atoms with Crippen LogP contribution in [-0.2, 0) is 0 Å². The lowest BCUT2D eigenvalue weighted by atomic mass is 10.1. The number of nitrogens with zero attached hydrogens (tertiary/aromatic N) is 3. The maximum atomic E-state index is 6.18. The molecule has 4 heteroatoms. The van der Waals surface area contributed by atoms with Gasteiger partial charge < -0.3 is 0 Å². The average molecular weight is 300 g/mol. The second-order valence-electron chi connectivity index (χ2n) is 5.42. The minimum Gasteiger partial charge on any atom is -0.288 e. The fourth-order valence-corrected chi connectivity index (χ4v) is 2.60. The molecule has 3 nitrogen and oxygen atoms in total. The van der Waals surface area contributed by atoms with Crippen molar-refractivity contribution in [2.75, 3.05) is 14.1 Å². The summed E-state index contributed by atoms with van der Waals surface area (Å²) >= 11 is 6.18. The van der Waals surface area contributed by atoms with E-state index < -0.39 is 0 Å². The molecule has 0 saturated carbocycles. The zero-order chi connectivity index (χ0) is 15.0. The first kappa shape index (κ1) is 14.1. The third kappa shape index (κ3) is 2.55. The molecule has 2 aromatic carbocycles. The Morgan fingerprint density at radius 1 is 1.10 bits per heavy atom. The highest BCUT2D eigenvalue weighted by Crippen LogP contribution is 2.31. The monoisotopic (exact) mass is 299 g/mol. The summed E-state index contributed by atoms with van der Waals surface area (Å²) in [6.07, 6.45) is 0.172. The minimum atomic E-state index is 0.172. The predicted molar refractivity (Wildman–Crippen MR) is 88.6 cm³/mol. The Morgan fingerprint density at radius 3 is 2.48 bits per heavy atom. The molecule has 1 heterocycles. The summed E-state index contributed by atoms with van der Waals surface area (Å²) in [7, 11) is 4.10. The molecule has 0 aliphatic carbocycles. The zero-order valence-electron chi connectivity index (χ0n) is 12.4. The van der Waals surface area contributed by atoms with Crippen molar-refractivity contribution < 1.29 is 0 Å². The number of rotatable bonds is 3. The van der Waals surface area contributed by atoms with Crippen molar-refractivity contribution in [3.8, 4) is 11.3 Å². The first-order valence-corrected chi connectivity index (χ1v) is 7.35. The highest BCUT2D eigenvalue weighted by Gasteiger charge is 2.17. The van der Waals surface area contributed by atoms with Gasteiger partial charge in [0.15, 0.2) is 0 Å². The largest absolute Gasteiger partial charge is 0.288 e. The first-order valence-electron chi connectivity index (χ1n) is 6.97. The van der Waals surface area contributed by atoms with E-state index in [0.29, 0.717) is 0 Å². The van der Waals surface area contributed by atoms with Gasteiger partial charge in [-0.1, -0.05) is 41.9 Å². The van der Waals surface area contributed by atoms with Crippen molar-refractivity contribution in [1.29, 1.82) is 0 Å². The summed E-state index contributed by atoms with van der Waals surface area (Å²) in [5.74, 6) is 0. The molecule has 3 rings (SSSR count). The van der Waals surface area contributed by atoms with Crippen LogP contribution in [0.3, 0.4) is 0 Å². The van der Waals surface area contributed by atoms with Gasteiger partial charge in [-0.05, 0) is 39.2 Å². The number of aromatic nitrogens is 2. The number of hydrogen-bond donors (Lipinski definition) is 0. The van der Waals surface area contributed by atoms with Gasteiger partial charge in [0.25, 0.3) is 0 Å². The molecule has 0 bridgehead atoms. The fraction of sp³-hybridized carbons (Fsp3) is 0.235. The van der Waals surface area contributed by atoms with Gasteiger partial charge >= 0.3 is 0 Å². The molecule has 1 atom stereocenters. The van der Waals surface area contributed by atoms with Crippen molar-refractivity contribution in [2.45, 2.75) is 13.1 Å². The Balaban J connectivity index is 2.28. The molecule has 0 radical (unpaired) electrons. The minimum absolute atomic E-state index is 0.172. The lowest BCUT2D eigenvalue weighted by molar-refractivity contribution is 0.227. The van der Waals surface area contributed by atoms with Crippen molar-refractivity contribution in [3.63, 3.8) is 0 Å². The van der Waals surface area contributed by atoms with E-state index in [-0.39, 0.29) is 6.17 Å². The Kier molecular flexibility index (Phi) is 3.70. The Morgan fingerprint density at radius 2 is 1.81 bits per heavy atom. The van der Waals surface area contributed by atoms with Gasteiger partial charge in [-0.2, -0.15) is 5.10 Å². The highest BCUT2D eigenvalue weighted by atomic mass is 35.5. The van der Waals surface area contributed by atoms with E-state index in [1.165, 1.54) is 0 Å². The smallest absolute Gasteiger partial charge is 0.101 e. The van der Waals surface area contributed by atoms with Crippen LogP contribution in [0.4, 0.5) is 0 Å². The lowest BCUT2D eigenvalue weighted by Crippen LogP contribution is -2.23. The van der Waals surface area contributed by atoms with Crippen LogP contribution in [0.5, 0.6) is 0 Å². The topological polar surface area (TPSA) is 21.1 Å². The molecule has 21 heavy (non-hydrogen) atoms. The van der Waals surface area contributed by atoms with E-state index in [1.807, 2.05) is 41.1 Å². The highest BCUT2D eigenvalue weighted by molar-refractivity contribution is 6.31. The molecule has 0 N–H and O–H groups in total. The van der Waals surface area contributed by atoms with Crippen LogP contribution in [0.25, 0.3) is 22.2 Å². The molecule has 3 aromatic rings. The fourth-order valence-electron chi connectivity index (χ4n) is 2.43. The van der Waals surface area contributed by atoms with Gasteiger partial charge in [0.05, 0.1) is 5.52 Å². The summed E-state index contributed by atoms with van der Waals surface area (Å²) in [5, 5.41) is 6.66. The van der Waals surface area contributed by atoms with E-state index in [4.69, 9.17) is 16.7 Å². The summed E-state index contributed by atoms with van der Waals surface area (Å²) in [6.45, 7) is 2.13. The van der Waals surface area contributed by atoms with Crippen LogP contribution in [-0.4, -0.2) is 28.8 Å². The van der Waals surface area contributed by atoms with E-state index in [2.05, 4.69) is 38.1 Å². The SMILES string of the molecule is CC(N(C)C)n1nc(-c2ccccc2)c2cc(Cl)ccc21. The molecule has 0 saturated heterocycles. The maximum absolute atomic E-state index is 6.18. The number of benzene rings is 2. The average Bonchev–Trinajstić information content (AvgIpc) is 2.85. The second-order valence-corrected chi connectivity index (χ2v) is 5.85. The van der Waals surface area contributed by atoms with Crippen molar-refractivity contribution in [2.24, 2.45) is 0 Å². The van der Waals surface area contributed by atoms with Gasteiger partial charge in [0.1, 0.15) is 11.9 Å². The number of halogens is 1. The summed E-state index contributed by atoms with van der Waals surface area (Å²) in [6, 6.07) is 16.2. The van der Waals surface area contributed by atoms with Crippen LogP contribution >= 0.6 is 11.6 Å². The van der Waals surface area contributed by atoms with Gasteiger partial charge in [0, 0.05) is 16.0 Å². The van der Waals surface area contributed by atoms with Gasteiger partial charge in [-0.25, -0.2) is 4.68 Å². The molecule has 0 spiro atoms. The molecular formula is C17H18ClN3. The van der Waals surface area contributed by atoms with Crippen molar-refractivity contribution in [1.82, 2.24) is 14.7 Å². The Hall–Kier alpha value is -1.84. The van der Waals surface area contributed by atoms with Gasteiger partial charge in [-0.15, -0.1) is 0 Å². The molecule has 108 valence electrons. The van der Waals surface area contributed by atoms with Crippen LogP contribution in [0, 0.1) is 0 Å². The Bertz CT molecular complexity index is 762. The second kappa shape index (κ2) is 5.51. The normalized spacial score (nSPS) is 13.0. The van der Waals surface area contributed by atoms with E-state index in [0.717, 1.165) is 27.2 Å². The van der Waals surface area contributed by atoms with E-state index in [1.54, 1.807) is 0 Å². The molecule has 0 amide bonds. The van der Waals surface area contributed by atoms with Crippen molar-refractivity contribution in [3.05, 3.63) is 53.6 Å². The molecule has 0 aliphatic rings. The summed E-state index contributed by atoms with van der Waals surface area (Å²) in [4.78, 5) is 2.13. The third-order valence-electron chi connectivity index (χ3n) is 3.82. The summed E-state index contributed by atoms with van der Waals surface area (Å²) < 4.78 is 2.05. The molecule has 0 aliphatic heterocycles. The van der Waals surface area contributed by atoms with Crippen molar-refractivity contribution >= 4 is 22.5 Å². The Labute approximate surface area is 129 Å². The van der Waals surface area contributed by atoms with Gasteiger partial charge in [0.2, 0.25) is 0 Å². The lowest BCUT2D eigenvalue weighted by Gasteiger charge is -2.20. The first-order chi connectivity index (χ1) is 10.1. The third-order valence-corrected chi connectivity index (χ3v) is 4.05. The molecule has 1 aromatic heterocycles. The van der Waals surface area contributed by atoms with Crippen LogP contribution in [0.2, 0.25) is 5.02 Å². The standard InChI is InChI=1S/C17H18ClN3/c1-12(20(2)3)21-16-10-9-14(18)11-15(16)17(19-21)13-7-5-4-6-8-13/h4-12H,1-3H3. The predicted octanol–water partition coefficient (Wildman–Crippen LogP) is 4.44. The molecule has 1 unspecified atom stereocenters. The molecular weight excluding hydrogens is 282 g/mol. The van der Waals surface area contributed by atoms with Crippen LogP contribution < -0.4 is 0 Å². The van der Waals surface area contributed by atoms with Crippen LogP contribution in [0.1, 0.15) is 13.1 Å². The van der Waals surface area contributed by atoms with Gasteiger partial charge in [-0.3, -0.25) is 4.90 Å². The van der Waals surface area contributed by atoms with E-state index >= 15 is 0 Å². The zero-order valence-corrected chi connectivity index (χ0v) is 13.2. The molecule has 0 fully saturated rings. The summed E-state index contributed by atoms with van der Waals surface area (Å²) in [5.41, 5.74) is 3.18. The number of fused-ring (bicyclic) bond motifs is 1.